The molecule has 0 aliphatic carbocycles. The maximum Gasteiger partial charge on any atom is 0.246 e. The van der Waals surface area contributed by atoms with E-state index in [1.54, 1.807) is 35.2 Å². The second kappa shape index (κ2) is 6.90. The van der Waals surface area contributed by atoms with Crippen LogP contribution in [0.3, 0.4) is 0 Å². The third-order valence-corrected chi connectivity index (χ3v) is 4.03. The SMILES string of the molecule is C[C@@H]1CC[C@H](C(N)=O)CN1C(=O)/C=C\c1ccc(C#N)cc1. The number of amides is 2. The van der Waals surface area contributed by atoms with Crippen LogP contribution in [-0.2, 0) is 9.59 Å². The summed E-state index contributed by atoms with van der Waals surface area (Å²) in [5.74, 6) is -0.730. The highest BCUT2D eigenvalue weighted by Gasteiger charge is 2.30. The first-order chi connectivity index (χ1) is 10.5. The fourth-order valence-electron chi connectivity index (χ4n) is 2.58. The molecule has 2 rings (SSSR count). The van der Waals surface area contributed by atoms with E-state index in [-0.39, 0.29) is 23.8 Å². The molecule has 1 aromatic carbocycles. The van der Waals surface area contributed by atoms with E-state index in [0.29, 0.717) is 12.1 Å². The first-order valence-electron chi connectivity index (χ1n) is 7.29. The number of carbonyl (C=O) groups is 2. The third kappa shape index (κ3) is 3.73. The second-order valence-corrected chi connectivity index (χ2v) is 5.58. The minimum Gasteiger partial charge on any atom is -0.369 e. The van der Waals surface area contributed by atoms with Crippen molar-refractivity contribution in [3.63, 3.8) is 0 Å². The van der Waals surface area contributed by atoms with Crippen molar-refractivity contribution in [3.05, 3.63) is 41.5 Å². The van der Waals surface area contributed by atoms with Crippen molar-refractivity contribution < 1.29 is 9.59 Å². The first kappa shape index (κ1) is 15.8. The molecule has 5 nitrogen and oxygen atoms in total. The van der Waals surface area contributed by atoms with Crippen molar-refractivity contribution in [3.8, 4) is 6.07 Å². The van der Waals surface area contributed by atoms with Crippen molar-refractivity contribution >= 4 is 17.9 Å². The quantitative estimate of drug-likeness (QED) is 0.861. The number of hydrogen-bond acceptors (Lipinski definition) is 3. The van der Waals surface area contributed by atoms with Gasteiger partial charge in [0.2, 0.25) is 11.8 Å². The number of piperidine rings is 1. The van der Waals surface area contributed by atoms with Gasteiger partial charge >= 0.3 is 0 Å². The predicted molar refractivity (Wildman–Crippen MR) is 83.3 cm³/mol. The highest BCUT2D eigenvalue weighted by Crippen LogP contribution is 2.22. The average Bonchev–Trinajstić information content (AvgIpc) is 2.53. The molecule has 2 atom stereocenters. The smallest absolute Gasteiger partial charge is 0.246 e. The zero-order chi connectivity index (χ0) is 16.1. The van der Waals surface area contributed by atoms with Gasteiger partial charge in [-0.2, -0.15) is 5.26 Å². The van der Waals surface area contributed by atoms with Gasteiger partial charge in [-0.3, -0.25) is 9.59 Å². The van der Waals surface area contributed by atoms with E-state index in [9.17, 15) is 9.59 Å². The zero-order valence-electron chi connectivity index (χ0n) is 12.5. The molecule has 2 amide bonds. The summed E-state index contributed by atoms with van der Waals surface area (Å²) in [6.07, 6.45) is 4.73. The number of hydrogen-bond donors (Lipinski definition) is 1. The molecule has 0 saturated carbocycles. The van der Waals surface area contributed by atoms with Gasteiger partial charge < -0.3 is 10.6 Å². The van der Waals surface area contributed by atoms with Crippen molar-refractivity contribution in [1.82, 2.24) is 4.90 Å². The van der Waals surface area contributed by atoms with Crippen molar-refractivity contribution in [2.45, 2.75) is 25.8 Å². The summed E-state index contributed by atoms with van der Waals surface area (Å²) in [6, 6.07) is 9.14. The van der Waals surface area contributed by atoms with Crippen molar-refractivity contribution in [2.75, 3.05) is 6.54 Å². The molecule has 0 aromatic heterocycles. The fraction of sp³-hybridized carbons (Fsp3) is 0.353. The Morgan fingerprint density at radius 3 is 2.59 bits per heavy atom. The van der Waals surface area contributed by atoms with Crippen LogP contribution in [0.25, 0.3) is 6.08 Å². The summed E-state index contributed by atoms with van der Waals surface area (Å²) in [5.41, 5.74) is 6.78. The molecule has 22 heavy (non-hydrogen) atoms. The summed E-state index contributed by atoms with van der Waals surface area (Å²) in [4.78, 5) is 25.3. The molecule has 0 radical (unpaired) electrons. The Balaban J connectivity index is 2.04. The molecule has 0 bridgehead atoms. The fourth-order valence-corrected chi connectivity index (χ4v) is 2.58. The molecule has 114 valence electrons. The minimum atomic E-state index is -0.347. The van der Waals surface area contributed by atoms with E-state index in [1.807, 2.05) is 13.0 Å². The van der Waals surface area contributed by atoms with Crippen LogP contribution in [0, 0.1) is 17.2 Å². The van der Waals surface area contributed by atoms with Gasteiger partial charge in [0.15, 0.2) is 0 Å². The molecule has 1 saturated heterocycles. The third-order valence-electron chi connectivity index (χ3n) is 4.03. The zero-order valence-corrected chi connectivity index (χ0v) is 12.5. The van der Waals surface area contributed by atoms with Crippen LogP contribution in [0.5, 0.6) is 0 Å². The molecule has 1 aliphatic rings. The maximum absolute atomic E-state index is 12.3. The average molecular weight is 297 g/mol. The number of nitrogens with two attached hydrogens (primary N) is 1. The van der Waals surface area contributed by atoms with E-state index in [1.165, 1.54) is 6.08 Å². The lowest BCUT2D eigenvalue weighted by Gasteiger charge is -2.36. The Morgan fingerprint density at radius 1 is 1.32 bits per heavy atom. The molecule has 1 heterocycles. The van der Waals surface area contributed by atoms with Gasteiger partial charge in [-0.1, -0.05) is 12.1 Å². The van der Waals surface area contributed by atoms with Gasteiger partial charge in [0.25, 0.3) is 0 Å². The lowest BCUT2D eigenvalue weighted by molar-refractivity contribution is -0.133. The standard InChI is InChI=1S/C17H19N3O2/c1-12-2-8-15(17(19)22)11-20(12)16(21)9-7-13-3-5-14(10-18)6-4-13/h3-7,9,12,15H,2,8,11H2,1H3,(H2,19,22)/b9-7-/t12-,15+/m1/s1. The Bertz CT molecular complexity index is 628. The first-order valence-corrected chi connectivity index (χ1v) is 7.29. The number of rotatable bonds is 3. The summed E-state index contributed by atoms with van der Waals surface area (Å²) < 4.78 is 0. The topological polar surface area (TPSA) is 87.2 Å². The molecule has 0 unspecified atom stereocenters. The molecule has 1 fully saturated rings. The van der Waals surface area contributed by atoms with Gasteiger partial charge in [-0.25, -0.2) is 0 Å². The van der Waals surface area contributed by atoms with Crippen LogP contribution in [0.15, 0.2) is 30.3 Å². The summed E-state index contributed by atoms with van der Waals surface area (Å²) in [5, 5.41) is 8.75. The lowest BCUT2D eigenvalue weighted by atomic mass is 9.93. The molecular formula is C17H19N3O2. The van der Waals surface area contributed by atoms with Gasteiger partial charge in [-0.15, -0.1) is 0 Å². The second-order valence-electron chi connectivity index (χ2n) is 5.58. The van der Waals surface area contributed by atoms with Gasteiger partial charge in [0.05, 0.1) is 17.6 Å². The summed E-state index contributed by atoms with van der Waals surface area (Å²) >= 11 is 0. The Labute approximate surface area is 130 Å². The lowest BCUT2D eigenvalue weighted by Crippen LogP contribution is -2.48. The van der Waals surface area contributed by atoms with Crippen LogP contribution in [-0.4, -0.2) is 29.3 Å². The highest BCUT2D eigenvalue weighted by molar-refractivity contribution is 5.92. The van der Waals surface area contributed by atoms with Crippen LogP contribution in [0.2, 0.25) is 0 Å². The van der Waals surface area contributed by atoms with Crippen LogP contribution in [0.1, 0.15) is 30.9 Å². The van der Waals surface area contributed by atoms with Crippen LogP contribution < -0.4 is 5.73 Å². The number of nitriles is 1. The van der Waals surface area contributed by atoms with E-state index < -0.39 is 0 Å². The molecule has 1 aromatic rings. The van der Waals surface area contributed by atoms with Crippen LogP contribution >= 0.6 is 0 Å². The number of carbonyl (C=O) groups excluding carboxylic acids is 2. The van der Waals surface area contributed by atoms with Crippen molar-refractivity contribution in [1.29, 1.82) is 5.26 Å². The van der Waals surface area contributed by atoms with Crippen molar-refractivity contribution in [2.24, 2.45) is 11.7 Å². The maximum atomic E-state index is 12.3. The van der Waals surface area contributed by atoms with E-state index >= 15 is 0 Å². The Kier molecular flexibility index (Phi) is 4.95. The summed E-state index contributed by atoms with van der Waals surface area (Å²) in [7, 11) is 0. The van der Waals surface area contributed by atoms with E-state index in [2.05, 4.69) is 0 Å². The molecule has 2 N–H and O–H groups in total. The van der Waals surface area contributed by atoms with Gasteiger partial charge in [0, 0.05) is 18.7 Å². The number of nitrogens with zero attached hydrogens (tertiary/aromatic N) is 2. The number of likely N-dealkylation sites (tertiary alicyclic amines) is 1. The Hall–Kier alpha value is -2.61. The monoisotopic (exact) mass is 297 g/mol. The minimum absolute atomic E-state index is 0.105. The van der Waals surface area contributed by atoms with Crippen LogP contribution in [0.4, 0.5) is 0 Å². The normalized spacial score (nSPS) is 21.5. The summed E-state index contributed by atoms with van der Waals surface area (Å²) in [6.45, 7) is 2.36. The van der Waals surface area contributed by atoms with Gasteiger partial charge in [0.1, 0.15) is 0 Å². The molecular weight excluding hydrogens is 278 g/mol. The molecule has 1 aliphatic heterocycles. The van der Waals surface area contributed by atoms with E-state index in [0.717, 1.165) is 18.4 Å². The largest absolute Gasteiger partial charge is 0.369 e. The number of primary amides is 1. The number of benzene rings is 1. The predicted octanol–water partition coefficient (Wildman–Crippen LogP) is 1.68. The molecule has 0 spiro atoms. The highest BCUT2D eigenvalue weighted by atomic mass is 16.2. The Morgan fingerprint density at radius 2 is 2.00 bits per heavy atom. The molecule has 5 heteroatoms. The van der Waals surface area contributed by atoms with E-state index in [4.69, 9.17) is 11.0 Å². The van der Waals surface area contributed by atoms with Gasteiger partial charge in [-0.05, 0) is 43.5 Å².